The molecule has 1 aliphatic rings. The Morgan fingerprint density at radius 2 is 2.10 bits per heavy atom. The third kappa shape index (κ3) is 4.18. The van der Waals surface area contributed by atoms with Crippen molar-refractivity contribution in [2.75, 3.05) is 18.0 Å². The summed E-state index contributed by atoms with van der Waals surface area (Å²) < 4.78 is 0. The Bertz CT molecular complexity index is 466. The molecule has 20 heavy (non-hydrogen) atoms. The van der Waals surface area contributed by atoms with E-state index in [0.717, 1.165) is 19.4 Å². The standard InChI is InChI=1S/C13H18N4O3/c18-11(4-5-12(19)20)16-10-3-1-8-17(9-10)13-14-6-2-7-15-13/h2,6-7,10H,1,3-5,8-9H2,(H,16,18)(H,19,20). The predicted octanol–water partition coefficient (Wildman–Crippen LogP) is 0.426. The predicted molar refractivity (Wildman–Crippen MR) is 72.3 cm³/mol. The molecule has 7 heteroatoms. The van der Waals surface area contributed by atoms with Crippen LogP contribution in [0.3, 0.4) is 0 Å². The maximum absolute atomic E-state index is 11.6. The van der Waals surface area contributed by atoms with Crippen molar-refractivity contribution in [3.8, 4) is 0 Å². The van der Waals surface area contributed by atoms with Gasteiger partial charge in [-0.3, -0.25) is 9.59 Å². The van der Waals surface area contributed by atoms with Crippen molar-refractivity contribution in [1.29, 1.82) is 0 Å². The molecule has 0 spiro atoms. The molecule has 1 amide bonds. The second kappa shape index (κ2) is 6.83. The Morgan fingerprint density at radius 1 is 1.35 bits per heavy atom. The number of nitrogens with zero attached hydrogens (tertiary/aromatic N) is 3. The first-order valence-corrected chi connectivity index (χ1v) is 6.68. The summed E-state index contributed by atoms with van der Waals surface area (Å²) in [5, 5.41) is 11.4. The molecule has 7 nitrogen and oxygen atoms in total. The molecule has 0 saturated carbocycles. The number of carbonyl (C=O) groups excluding carboxylic acids is 1. The van der Waals surface area contributed by atoms with Crippen molar-refractivity contribution in [1.82, 2.24) is 15.3 Å². The van der Waals surface area contributed by atoms with Crippen LogP contribution in [-0.4, -0.2) is 46.1 Å². The van der Waals surface area contributed by atoms with Crippen LogP contribution < -0.4 is 10.2 Å². The molecular formula is C13H18N4O3. The number of nitrogens with one attached hydrogen (secondary N) is 1. The smallest absolute Gasteiger partial charge is 0.303 e. The van der Waals surface area contributed by atoms with E-state index in [1.807, 2.05) is 4.90 Å². The van der Waals surface area contributed by atoms with Crippen molar-refractivity contribution < 1.29 is 14.7 Å². The number of anilines is 1. The number of rotatable bonds is 5. The molecule has 1 unspecified atom stereocenters. The average Bonchev–Trinajstić information content (AvgIpc) is 2.46. The highest BCUT2D eigenvalue weighted by Crippen LogP contribution is 2.15. The zero-order valence-electron chi connectivity index (χ0n) is 11.2. The SMILES string of the molecule is O=C(O)CCC(=O)NC1CCCN(c2ncccn2)C1. The summed E-state index contributed by atoms with van der Waals surface area (Å²) in [6.45, 7) is 1.52. The lowest BCUT2D eigenvalue weighted by Crippen LogP contribution is -2.48. The van der Waals surface area contributed by atoms with Crippen LogP contribution in [0.15, 0.2) is 18.5 Å². The van der Waals surface area contributed by atoms with E-state index in [0.29, 0.717) is 12.5 Å². The third-order valence-electron chi connectivity index (χ3n) is 3.19. The summed E-state index contributed by atoms with van der Waals surface area (Å²) in [5.41, 5.74) is 0. The number of carboxylic acid groups (broad SMARTS) is 1. The van der Waals surface area contributed by atoms with Gasteiger partial charge in [0.2, 0.25) is 11.9 Å². The summed E-state index contributed by atoms with van der Waals surface area (Å²) >= 11 is 0. The largest absolute Gasteiger partial charge is 0.481 e. The van der Waals surface area contributed by atoms with E-state index in [1.54, 1.807) is 18.5 Å². The second-order valence-corrected chi connectivity index (χ2v) is 4.80. The summed E-state index contributed by atoms with van der Waals surface area (Å²) in [6.07, 6.45) is 5.11. The molecule has 1 fully saturated rings. The highest BCUT2D eigenvalue weighted by molar-refractivity contribution is 5.80. The average molecular weight is 278 g/mol. The number of piperidine rings is 1. The number of aliphatic carboxylic acids is 1. The fourth-order valence-corrected chi connectivity index (χ4v) is 2.25. The van der Waals surface area contributed by atoms with Crippen LogP contribution in [0.25, 0.3) is 0 Å². The van der Waals surface area contributed by atoms with Gasteiger partial charge in [0.25, 0.3) is 0 Å². The molecule has 1 aliphatic heterocycles. The Kier molecular flexibility index (Phi) is 4.86. The van der Waals surface area contributed by atoms with Crippen LogP contribution in [0.1, 0.15) is 25.7 Å². The van der Waals surface area contributed by atoms with E-state index in [1.165, 1.54) is 0 Å². The summed E-state index contributed by atoms with van der Waals surface area (Å²) in [4.78, 5) is 32.5. The first-order valence-electron chi connectivity index (χ1n) is 6.68. The number of hydrogen-bond acceptors (Lipinski definition) is 5. The molecule has 2 N–H and O–H groups in total. The van der Waals surface area contributed by atoms with E-state index in [9.17, 15) is 9.59 Å². The lowest BCUT2D eigenvalue weighted by molar-refractivity contribution is -0.138. The van der Waals surface area contributed by atoms with Gasteiger partial charge in [-0.2, -0.15) is 0 Å². The van der Waals surface area contributed by atoms with Crippen LogP contribution in [0, 0.1) is 0 Å². The summed E-state index contributed by atoms with van der Waals surface area (Å²) in [5.74, 6) is -0.506. The van der Waals surface area contributed by atoms with Crippen molar-refractivity contribution in [3.63, 3.8) is 0 Å². The van der Waals surface area contributed by atoms with E-state index in [4.69, 9.17) is 5.11 Å². The van der Waals surface area contributed by atoms with Crippen LogP contribution in [-0.2, 0) is 9.59 Å². The Morgan fingerprint density at radius 3 is 2.80 bits per heavy atom. The molecule has 1 aromatic heterocycles. The van der Waals surface area contributed by atoms with Crippen LogP contribution >= 0.6 is 0 Å². The molecule has 0 aromatic carbocycles. The fraction of sp³-hybridized carbons (Fsp3) is 0.538. The molecule has 1 aromatic rings. The van der Waals surface area contributed by atoms with Gasteiger partial charge in [0, 0.05) is 37.9 Å². The Labute approximate surface area is 117 Å². The van der Waals surface area contributed by atoms with Crippen LogP contribution in [0.2, 0.25) is 0 Å². The molecule has 1 atom stereocenters. The van der Waals surface area contributed by atoms with Gasteiger partial charge < -0.3 is 15.3 Å². The number of amides is 1. The highest BCUT2D eigenvalue weighted by Gasteiger charge is 2.22. The Balaban J connectivity index is 1.84. The minimum atomic E-state index is -0.955. The number of hydrogen-bond donors (Lipinski definition) is 2. The molecule has 2 heterocycles. The second-order valence-electron chi connectivity index (χ2n) is 4.80. The van der Waals surface area contributed by atoms with Gasteiger partial charge in [0.15, 0.2) is 0 Å². The molecule has 2 rings (SSSR count). The van der Waals surface area contributed by atoms with Gasteiger partial charge in [-0.25, -0.2) is 9.97 Å². The summed E-state index contributed by atoms with van der Waals surface area (Å²) in [6, 6.07) is 1.78. The molecule has 0 bridgehead atoms. The van der Waals surface area contributed by atoms with E-state index < -0.39 is 5.97 Å². The normalized spacial score (nSPS) is 18.6. The molecular weight excluding hydrogens is 260 g/mol. The molecule has 0 radical (unpaired) electrons. The van der Waals surface area contributed by atoms with Gasteiger partial charge in [-0.15, -0.1) is 0 Å². The number of carboxylic acids is 1. The van der Waals surface area contributed by atoms with Crippen molar-refractivity contribution in [3.05, 3.63) is 18.5 Å². The first-order chi connectivity index (χ1) is 9.65. The first kappa shape index (κ1) is 14.2. The molecule has 0 aliphatic carbocycles. The lowest BCUT2D eigenvalue weighted by Gasteiger charge is -2.33. The number of carbonyl (C=O) groups is 2. The lowest BCUT2D eigenvalue weighted by atomic mass is 10.1. The number of aromatic nitrogens is 2. The van der Waals surface area contributed by atoms with Gasteiger partial charge in [0.05, 0.1) is 6.42 Å². The van der Waals surface area contributed by atoms with Crippen molar-refractivity contribution in [2.45, 2.75) is 31.7 Å². The Hall–Kier alpha value is -2.18. The van der Waals surface area contributed by atoms with Crippen molar-refractivity contribution >= 4 is 17.8 Å². The van der Waals surface area contributed by atoms with Gasteiger partial charge in [0.1, 0.15) is 0 Å². The fourth-order valence-electron chi connectivity index (χ4n) is 2.25. The maximum Gasteiger partial charge on any atom is 0.303 e. The van der Waals surface area contributed by atoms with Gasteiger partial charge in [-0.05, 0) is 18.9 Å². The minimum Gasteiger partial charge on any atom is -0.481 e. The topological polar surface area (TPSA) is 95.4 Å². The van der Waals surface area contributed by atoms with Gasteiger partial charge >= 0.3 is 5.97 Å². The monoisotopic (exact) mass is 278 g/mol. The summed E-state index contributed by atoms with van der Waals surface area (Å²) in [7, 11) is 0. The third-order valence-corrected chi connectivity index (χ3v) is 3.19. The molecule has 108 valence electrons. The highest BCUT2D eigenvalue weighted by atomic mass is 16.4. The van der Waals surface area contributed by atoms with E-state index in [-0.39, 0.29) is 24.8 Å². The minimum absolute atomic E-state index is 0.0215. The van der Waals surface area contributed by atoms with Crippen LogP contribution in [0.4, 0.5) is 5.95 Å². The molecule has 1 saturated heterocycles. The zero-order chi connectivity index (χ0) is 14.4. The van der Waals surface area contributed by atoms with Gasteiger partial charge in [-0.1, -0.05) is 0 Å². The van der Waals surface area contributed by atoms with E-state index >= 15 is 0 Å². The quantitative estimate of drug-likeness (QED) is 0.810. The zero-order valence-corrected chi connectivity index (χ0v) is 11.2. The van der Waals surface area contributed by atoms with Crippen molar-refractivity contribution in [2.24, 2.45) is 0 Å². The maximum atomic E-state index is 11.6. The van der Waals surface area contributed by atoms with E-state index in [2.05, 4.69) is 15.3 Å². The van der Waals surface area contributed by atoms with Crippen LogP contribution in [0.5, 0.6) is 0 Å².